The topological polar surface area (TPSA) is 21.3 Å². The second-order valence-electron chi connectivity index (χ2n) is 6.61. The van der Waals surface area contributed by atoms with E-state index in [1.165, 1.54) is 11.1 Å². The predicted molar refractivity (Wildman–Crippen MR) is 83.2 cm³/mol. The third-order valence-electron chi connectivity index (χ3n) is 3.72. The van der Waals surface area contributed by atoms with Crippen molar-refractivity contribution in [2.75, 3.05) is 20.7 Å². The molecule has 0 aliphatic heterocycles. The number of benzene rings is 1. The van der Waals surface area contributed by atoms with Crippen molar-refractivity contribution >= 4 is 0 Å². The van der Waals surface area contributed by atoms with Crippen LogP contribution >= 0.6 is 0 Å². The first-order valence-corrected chi connectivity index (χ1v) is 7.14. The zero-order valence-electron chi connectivity index (χ0n) is 13.5. The lowest BCUT2D eigenvalue weighted by atomic mass is 9.81. The van der Waals surface area contributed by atoms with Crippen molar-refractivity contribution < 1.29 is 4.74 Å². The van der Waals surface area contributed by atoms with Gasteiger partial charge in [-0.25, -0.2) is 0 Å². The molecule has 0 fully saturated rings. The molecule has 19 heavy (non-hydrogen) atoms. The largest absolute Gasteiger partial charge is 0.496 e. The van der Waals surface area contributed by atoms with Crippen LogP contribution in [0, 0.1) is 5.92 Å². The Morgan fingerprint density at radius 2 is 1.84 bits per heavy atom. The third kappa shape index (κ3) is 3.97. The smallest absolute Gasteiger partial charge is 0.122 e. The maximum atomic E-state index is 5.56. The predicted octanol–water partition coefficient (Wildman–Crippen LogP) is 3.95. The van der Waals surface area contributed by atoms with Crippen LogP contribution < -0.4 is 10.1 Å². The molecule has 0 aliphatic rings. The first-order valence-electron chi connectivity index (χ1n) is 7.14. The molecule has 2 nitrogen and oxygen atoms in total. The van der Waals surface area contributed by atoms with Crippen molar-refractivity contribution in [3.8, 4) is 5.75 Å². The zero-order chi connectivity index (χ0) is 14.6. The van der Waals surface area contributed by atoms with Crippen LogP contribution in [0.3, 0.4) is 0 Å². The summed E-state index contributed by atoms with van der Waals surface area (Å²) in [4.78, 5) is 0. The summed E-state index contributed by atoms with van der Waals surface area (Å²) < 4.78 is 5.56. The SMILES string of the molecule is CNCC(c1cc(C(C)(C)C)ccc1OC)C(C)C. The van der Waals surface area contributed by atoms with Crippen LogP contribution in [0.2, 0.25) is 0 Å². The molecule has 108 valence electrons. The van der Waals surface area contributed by atoms with Crippen molar-refractivity contribution in [3.63, 3.8) is 0 Å². The molecule has 1 aromatic carbocycles. The molecule has 0 bridgehead atoms. The Morgan fingerprint density at radius 3 is 2.26 bits per heavy atom. The summed E-state index contributed by atoms with van der Waals surface area (Å²) in [5.41, 5.74) is 2.85. The van der Waals surface area contributed by atoms with E-state index in [1.807, 2.05) is 7.05 Å². The van der Waals surface area contributed by atoms with E-state index in [2.05, 4.69) is 58.1 Å². The highest BCUT2D eigenvalue weighted by Gasteiger charge is 2.22. The average Bonchev–Trinajstić information content (AvgIpc) is 2.33. The second kappa shape index (κ2) is 6.42. The molecule has 0 saturated carbocycles. The van der Waals surface area contributed by atoms with Gasteiger partial charge in [0.1, 0.15) is 5.75 Å². The van der Waals surface area contributed by atoms with E-state index in [1.54, 1.807) is 7.11 Å². The lowest BCUT2D eigenvalue weighted by Gasteiger charge is -2.26. The molecule has 0 aromatic heterocycles. The van der Waals surface area contributed by atoms with Gasteiger partial charge >= 0.3 is 0 Å². The molecule has 0 spiro atoms. The summed E-state index contributed by atoms with van der Waals surface area (Å²) in [5.74, 6) is 2.06. The van der Waals surface area contributed by atoms with Gasteiger partial charge in [0.2, 0.25) is 0 Å². The first-order chi connectivity index (χ1) is 8.81. The van der Waals surface area contributed by atoms with Gasteiger partial charge in [0.15, 0.2) is 0 Å². The van der Waals surface area contributed by atoms with Crippen molar-refractivity contribution in [2.45, 2.75) is 46.0 Å². The van der Waals surface area contributed by atoms with Crippen LogP contribution in [-0.4, -0.2) is 20.7 Å². The molecule has 0 radical (unpaired) electrons. The Balaban J connectivity index is 3.28. The number of rotatable bonds is 5. The van der Waals surface area contributed by atoms with E-state index in [9.17, 15) is 0 Å². The Hall–Kier alpha value is -1.02. The number of hydrogen-bond donors (Lipinski definition) is 1. The van der Waals surface area contributed by atoms with Crippen molar-refractivity contribution in [1.82, 2.24) is 5.32 Å². The van der Waals surface area contributed by atoms with Gasteiger partial charge in [0, 0.05) is 12.5 Å². The molecule has 1 N–H and O–H groups in total. The molecule has 0 saturated heterocycles. The number of ether oxygens (including phenoxy) is 1. The summed E-state index contributed by atoms with van der Waals surface area (Å²) in [6, 6.07) is 6.61. The van der Waals surface area contributed by atoms with Gasteiger partial charge in [-0.1, -0.05) is 46.8 Å². The first kappa shape index (κ1) is 16.0. The average molecular weight is 263 g/mol. The number of methoxy groups -OCH3 is 1. The van der Waals surface area contributed by atoms with Gasteiger partial charge in [-0.3, -0.25) is 0 Å². The van der Waals surface area contributed by atoms with Crippen LogP contribution in [0.1, 0.15) is 51.7 Å². The summed E-state index contributed by atoms with van der Waals surface area (Å²) in [6.45, 7) is 12.3. The summed E-state index contributed by atoms with van der Waals surface area (Å²) in [5, 5.41) is 3.30. The summed E-state index contributed by atoms with van der Waals surface area (Å²) in [7, 11) is 3.77. The number of nitrogens with one attached hydrogen (secondary N) is 1. The molecule has 1 unspecified atom stereocenters. The highest BCUT2D eigenvalue weighted by Crippen LogP contribution is 2.35. The van der Waals surface area contributed by atoms with E-state index < -0.39 is 0 Å². The van der Waals surface area contributed by atoms with Crippen LogP contribution in [-0.2, 0) is 5.41 Å². The quantitative estimate of drug-likeness (QED) is 0.868. The standard InChI is InChI=1S/C17H29NO/c1-12(2)15(11-18-6)14-10-13(17(3,4)5)8-9-16(14)19-7/h8-10,12,15,18H,11H2,1-7H3. The lowest BCUT2D eigenvalue weighted by molar-refractivity contribution is 0.390. The normalized spacial score (nSPS) is 13.7. The molecule has 0 amide bonds. The van der Waals surface area contributed by atoms with Gasteiger partial charge < -0.3 is 10.1 Å². The van der Waals surface area contributed by atoms with E-state index in [-0.39, 0.29) is 5.41 Å². The van der Waals surface area contributed by atoms with Gasteiger partial charge in [-0.05, 0) is 35.6 Å². The Labute approximate surface area is 118 Å². The summed E-state index contributed by atoms with van der Waals surface area (Å²) in [6.07, 6.45) is 0. The highest BCUT2D eigenvalue weighted by molar-refractivity contribution is 5.42. The van der Waals surface area contributed by atoms with E-state index >= 15 is 0 Å². The van der Waals surface area contributed by atoms with Gasteiger partial charge in [-0.2, -0.15) is 0 Å². The zero-order valence-corrected chi connectivity index (χ0v) is 13.5. The molecule has 2 heteroatoms. The van der Waals surface area contributed by atoms with Gasteiger partial charge in [0.05, 0.1) is 7.11 Å². The van der Waals surface area contributed by atoms with Crippen molar-refractivity contribution in [3.05, 3.63) is 29.3 Å². The second-order valence-corrected chi connectivity index (χ2v) is 6.61. The minimum absolute atomic E-state index is 0.169. The third-order valence-corrected chi connectivity index (χ3v) is 3.72. The lowest BCUT2D eigenvalue weighted by Crippen LogP contribution is -2.22. The Bertz CT molecular complexity index is 404. The highest BCUT2D eigenvalue weighted by atomic mass is 16.5. The Morgan fingerprint density at radius 1 is 1.21 bits per heavy atom. The molecule has 0 aliphatic carbocycles. The molecular formula is C17H29NO. The van der Waals surface area contributed by atoms with Crippen molar-refractivity contribution in [2.24, 2.45) is 5.92 Å². The number of likely N-dealkylation sites (N-methyl/N-ethyl adjacent to an activating group) is 1. The van der Waals surface area contributed by atoms with Crippen LogP contribution in [0.5, 0.6) is 5.75 Å². The summed E-state index contributed by atoms with van der Waals surface area (Å²) >= 11 is 0. The fourth-order valence-electron chi connectivity index (χ4n) is 2.42. The van der Waals surface area contributed by atoms with Crippen LogP contribution in [0.4, 0.5) is 0 Å². The number of hydrogen-bond acceptors (Lipinski definition) is 2. The molecule has 1 aromatic rings. The van der Waals surface area contributed by atoms with Gasteiger partial charge in [-0.15, -0.1) is 0 Å². The van der Waals surface area contributed by atoms with Crippen LogP contribution in [0.15, 0.2) is 18.2 Å². The fraction of sp³-hybridized carbons (Fsp3) is 0.647. The minimum Gasteiger partial charge on any atom is -0.496 e. The molecule has 0 heterocycles. The van der Waals surface area contributed by atoms with Crippen molar-refractivity contribution in [1.29, 1.82) is 0 Å². The van der Waals surface area contributed by atoms with E-state index in [4.69, 9.17) is 4.74 Å². The molecular weight excluding hydrogens is 234 g/mol. The van der Waals surface area contributed by atoms with Gasteiger partial charge in [0.25, 0.3) is 0 Å². The molecule has 1 rings (SSSR count). The minimum atomic E-state index is 0.169. The molecule has 1 atom stereocenters. The van der Waals surface area contributed by atoms with Crippen LogP contribution in [0.25, 0.3) is 0 Å². The maximum absolute atomic E-state index is 5.56. The monoisotopic (exact) mass is 263 g/mol. The van der Waals surface area contributed by atoms with E-state index in [0.29, 0.717) is 11.8 Å². The maximum Gasteiger partial charge on any atom is 0.122 e. The van der Waals surface area contributed by atoms with E-state index in [0.717, 1.165) is 12.3 Å². The fourth-order valence-corrected chi connectivity index (χ4v) is 2.42. The Kier molecular flexibility index (Phi) is 5.42.